The van der Waals surface area contributed by atoms with Crippen LogP contribution in [0.4, 0.5) is 0 Å². The van der Waals surface area contributed by atoms with Crippen LogP contribution in [0.1, 0.15) is 6.92 Å². The van der Waals surface area contributed by atoms with Gasteiger partial charge in [-0.3, -0.25) is 0 Å². The molecule has 0 saturated heterocycles. The van der Waals surface area contributed by atoms with Crippen molar-refractivity contribution in [2.75, 3.05) is 0 Å². The van der Waals surface area contributed by atoms with Crippen molar-refractivity contribution in [3.8, 4) is 0 Å². The molecule has 0 aromatic heterocycles. The zero-order valence-corrected chi connectivity index (χ0v) is 9.98. The Kier molecular flexibility index (Phi) is 3.12. The molecule has 0 saturated carbocycles. The van der Waals surface area contributed by atoms with E-state index in [0.717, 1.165) is 0 Å². The minimum absolute atomic E-state index is 0.640. The van der Waals surface area contributed by atoms with Gasteiger partial charge < -0.3 is 0 Å². The van der Waals surface area contributed by atoms with E-state index >= 15 is 0 Å². The van der Waals surface area contributed by atoms with Crippen molar-refractivity contribution in [2.45, 2.75) is 6.92 Å². The Morgan fingerprint density at radius 3 is 2.40 bits per heavy atom. The van der Waals surface area contributed by atoms with Crippen molar-refractivity contribution in [2.24, 2.45) is 0 Å². The number of rotatable bonds is 2. The molecule has 2 radical (unpaired) electrons. The molecule has 1 aromatic carbocycles. The van der Waals surface area contributed by atoms with Gasteiger partial charge in [-0.05, 0) is 0 Å². The summed E-state index contributed by atoms with van der Waals surface area (Å²) in [7, 11) is 0. The molecule has 0 N–H and O–H groups in total. The molecule has 0 bridgehead atoms. The first-order valence-corrected chi connectivity index (χ1v) is 7.15. The Morgan fingerprint density at radius 2 is 1.90 bits per heavy atom. The number of allylic oxidation sites excluding steroid dienone is 1. The molecule has 0 unspecified atom stereocenters. The predicted octanol–water partition coefficient (Wildman–Crippen LogP) is 1.55. The van der Waals surface area contributed by atoms with E-state index in [1.807, 2.05) is 0 Å². The average Bonchev–Trinajstić information content (AvgIpc) is 1.88. The van der Waals surface area contributed by atoms with Gasteiger partial charge in [0, 0.05) is 0 Å². The molecule has 0 fully saturated rings. The van der Waals surface area contributed by atoms with Crippen molar-refractivity contribution in [1.82, 2.24) is 0 Å². The fraction of sp³-hybridized carbons (Fsp3) is 0.111. The summed E-state index contributed by atoms with van der Waals surface area (Å²) in [5, 5.41) is 0. The first-order chi connectivity index (χ1) is 4.79. The zero-order chi connectivity index (χ0) is 7.40. The van der Waals surface area contributed by atoms with E-state index in [1.165, 1.54) is 6.26 Å². The van der Waals surface area contributed by atoms with E-state index in [1.54, 1.807) is 0 Å². The first-order valence-electron chi connectivity index (χ1n) is 3.26. The van der Waals surface area contributed by atoms with Crippen LogP contribution in [0.2, 0.25) is 0 Å². The summed E-state index contributed by atoms with van der Waals surface area (Å²) in [5.41, 5.74) is 0. The van der Waals surface area contributed by atoms with E-state index in [0.29, 0.717) is 0 Å². The second-order valence-corrected chi connectivity index (χ2v) is 8.81. The Labute approximate surface area is 74.2 Å². The number of hydrogen-bond acceptors (Lipinski definition) is 0. The fourth-order valence-electron chi connectivity index (χ4n) is 0.768. The molecule has 0 amide bonds. The van der Waals surface area contributed by atoms with Crippen LogP contribution in [0, 0.1) is 0 Å². The molecule has 10 heavy (non-hydrogen) atoms. The molecule has 50 valence electrons. The Hall–Kier alpha value is -0.118. The van der Waals surface area contributed by atoms with Gasteiger partial charge in [0.2, 0.25) is 0 Å². The van der Waals surface area contributed by atoms with Crippen LogP contribution in [0.5, 0.6) is 0 Å². The van der Waals surface area contributed by atoms with Crippen molar-refractivity contribution in [3.63, 3.8) is 0 Å². The Morgan fingerprint density at radius 1 is 1.30 bits per heavy atom. The first kappa shape index (κ1) is 7.98. The molecule has 0 heterocycles. The molecule has 0 nitrogen and oxygen atoms in total. The van der Waals surface area contributed by atoms with Gasteiger partial charge in [0.05, 0.1) is 0 Å². The maximum absolute atomic E-state index is 3.94. The topological polar surface area (TPSA) is 0 Å². The van der Waals surface area contributed by atoms with Crippen LogP contribution in [-0.4, -0.2) is 24.2 Å². The zero-order valence-electron chi connectivity index (χ0n) is 6.09. The minimum atomic E-state index is -0.640. The molecular formula is C9H10Pb. The van der Waals surface area contributed by atoms with Crippen LogP contribution in [0.15, 0.2) is 40.0 Å². The second kappa shape index (κ2) is 3.91. The third-order valence-corrected chi connectivity index (χ3v) is 5.21. The molecule has 0 aliphatic carbocycles. The van der Waals surface area contributed by atoms with Crippen LogP contribution in [0.25, 0.3) is 0 Å². The van der Waals surface area contributed by atoms with Crippen LogP contribution in [0.3, 0.4) is 0 Å². The van der Waals surface area contributed by atoms with Gasteiger partial charge >= 0.3 is 74.3 Å². The van der Waals surface area contributed by atoms with E-state index in [4.69, 9.17) is 0 Å². The van der Waals surface area contributed by atoms with E-state index < -0.39 is 24.2 Å². The average molecular weight is 325 g/mol. The summed E-state index contributed by atoms with van der Waals surface area (Å²) in [5.74, 6) is 0. The summed E-state index contributed by atoms with van der Waals surface area (Å²) in [6.07, 6.45) is 0. The molecule has 1 rings (SSSR count). The van der Waals surface area contributed by atoms with Crippen LogP contribution >= 0.6 is 0 Å². The molecule has 0 atom stereocenters. The van der Waals surface area contributed by atoms with Gasteiger partial charge in [-0.25, -0.2) is 0 Å². The van der Waals surface area contributed by atoms with Gasteiger partial charge in [0.15, 0.2) is 0 Å². The molecule has 0 spiro atoms. The van der Waals surface area contributed by atoms with E-state index in [-0.39, 0.29) is 0 Å². The van der Waals surface area contributed by atoms with Gasteiger partial charge in [0.1, 0.15) is 0 Å². The summed E-state index contributed by atoms with van der Waals surface area (Å²) in [6.45, 7) is 6.07. The van der Waals surface area contributed by atoms with Gasteiger partial charge in [0.25, 0.3) is 0 Å². The van der Waals surface area contributed by atoms with E-state index in [2.05, 4.69) is 43.8 Å². The number of hydrogen-bond donors (Lipinski definition) is 0. The monoisotopic (exact) mass is 326 g/mol. The van der Waals surface area contributed by atoms with Crippen LogP contribution in [-0.2, 0) is 0 Å². The molecule has 0 aliphatic rings. The van der Waals surface area contributed by atoms with Crippen LogP contribution < -0.4 is 3.12 Å². The quantitative estimate of drug-likeness (QED) is 0.724. The summed E-state index contributed by atoms with van der Waals surface area (Å²) < 4.78 is 2.95. The van der Waals surface area contributed by atoms with Gasteiger partial charge in [-0.15, -0.1) is 0 Å². The molecule has 1 aromatic rings. The Balaban J connectivity index is 2.67. The SMILES string of the molecule is C=[C](C)[Pb][c]1ccccc1. The van der Waals surface area contributed by atoms with Gasteiger partial charge in [-0.2, -0.15) is 0 Å². The predicted molar refractivity (Wildman–Crippen MR) is 46.6 cm³/mol. The fourth-order valence-corrected chi connectivity index (χ4v) is 4.08. The van der Waals surface area contributed by atoms with Crippen molar-refractivity contribution in [3.05, 3.63) is 40.0 Å². The normalized spacial score (nSPS) is 9.30. The third kappa shape index (κ3) is 2.64. The van der Waals surface area contributed by atoms with Crippen molar-refractivity contribution >= 4 is 27.4 Å². The summed E-state index contributed by atoms with van der Waals surface area (Å²) >= 11 is -0.640. The maximum atomic E-state index is 3.94. The number of benzene rings is 1. The second-order valence-electron chi connectivity index (χ2n) is 2.27. The standard InChI is InChI=1S/C6H5.C3H5.Pb/c1-2-4-6-5-3-1;1-3-2;/h1-5H;1H2,2H3;. The van der Waals surface area contributed by atoms with Gasteiger partial charge in [-0.1, -0.05) is 0 Å². The third-order valence-electron chi connectivity index (χ3n) is 1.13. The van der Waals surface area contributed by atoms with Crippen molar-refractivity contribution < 1.29 is 0 Å². The Bertz CT molecular complexity index is 213. The summed E-state index contributed by atoms with van der Waals surface area (Å²) in [4.78, 5) is 0. The molecule has 1 heteroatoms. The van der Waals surface area contributed by atoms with E-state index in [9.17, 15) is 0 Å². The summed E-state index contributed by atoms with van der Waals surface area (Å²) in [6, 6.07) is 10.7. The molecular weight excluding hydrogens is 315 g/mol. The van der Waals surface area contributed by atoms with Crippen molar-refractivity contribution in [1.29, 1.82) is 0 Å². The molecule has 0 aliphatic heterocycles.